The minimum atomic E-state index is 0.288. The largest absolute Gasteiger partial charge is 0.291 e. The summed E-state index contributed by atoms with van der Waals surface area (Å²) in [6, 6.07) is 41.2. The van der Waals surface area contributed by atoms with Crippen molar-refractivity contribution in [2.45, 2.75) is 27.7 Å². The molecule has 0 amide bonds. The highest BCUT2D eigenvalue weighted by atomic mass is 15.1. The van der Waals surface area contributed by atoms with E-state index in [2.05, 4.69) is 119 Å². The van der Waals surface area contributed by atoms with Gasteiger partial charge in [0.1, 0.15) is 17.2 Å². The van der Waals surface area contributed by atoms with Crippen LogP contribution < -0.4 is 0 Å². The Morgan fingerprint density at radius 3 is 1.61 bits per heavy atom. The molecule has 0 saturated carbocycles. The zero-order valence-corrected chi connectivity index (χ0v) is 26.1. The van der Waals surface area contributed by atoms with E-state index in [9.17, 15) is 0 Å². The zero-order valence-electron chi connectivity index (χ0n) is 27.1. The van der Waals surface area contributed by atoms with Gasteiger partial charge in [-0.2, -0.15) is 0 Å². The first-order valence-corrected chi connectivity index (χ1v) is 15.2. The first-order chi connectivity index (χ1) is 23.0. The standard InChI is InChI=1S/2C20H17N3/c1-14-5-9-16(10-6-14)20-22-19-18(4-3-13-21-19)23(20)17-11-7-15(2)8-12-17;1-14-5-9-16(10-6-14)19-22-18-4-3-13-21-20(18)23(19)17-11-7-15(2)8-12-17/h2*3-13H,1-2H3/i;1D. The summed E-state index contributed by atoms with van der Waals surface area (Å²) in [6.07, 6.45) is 3.58. The molecule has 6 nitrogen and oxygen atoms in total. The van der Waals surface area contributed by atoms with Crippen LogP contribution in [0, 0.1) is 27.7 Å². The molecule has 4 aromatic carbocycles. The van der Waals surface area contributed by atoms with Crippen LogP contribution in [0.4, 0.5) is 0 Å². The van der Waals surface area contributed by atoms with Crippen molar-refractivity contribution in [3.8, 4) is 34.2 Å². The summed E-state index contributed by atoms with van der Waals surface area (Å²) < 4.78 is 11.7. The number of imidazole rings is 2. The van der Waals surface area contributed by atoms with Gasteiger partial charge in [0.15, 0.2) is 11.3 Å². The van der Waals surface area contributed by atoms with Crippen LogP contribution in [0.25, 0.3) is 56.5 Å². The van der Waals surface area contributed by atoms with Crippen molar-refractivity contribution in [1.82, 2.24) is 29.1 Å². The summed E-state index contributed by atoms with van der Waals surface area (Å²) in [5, 5.41) is 0. The monoisotopic (exact) mass is 599 g/mol. The Labute approximate surface area is 270 Å². The molecule has 224 valence electrons. The van der Waals surface area contributed by atoms with Crippen molar-refractivity contribution in [3.63, 3.8) is 0 Å². The third-order valence-corrected chi connectivity index (χ3v) is 7.95. The molecule has 4 aromatic heterocycles. The van der Waals surface area contributed by atoms with Crippen LogP contribution in [0.15, 0.2) is 134 Å². The summed E-state index contributed by atoms with van der Waals surface area (Å²) in [4.78, 5) is 18.5. The normalized spacial score (nSPS) is 11.3. The summed E-state index contributed by atoms with van der Waals surface area (Å²) in [7, 11) is 0. The lowest BCUT2D eigenvalue weighted by Gasteiger charge is -2.10. The minimum Gasteiger partial charge on any atom is -0.291 e. The highest BCUT2D eigenvalue weighted by molar-refractivity contribution is 5.81. The molecule has 8 rings (SSSR count). The fraction of sp³-hybridized carbons (Fsp3) is 0.100. The number of rotatable bonds is 4. The molecule has 0 atom stereocenters. The number of aryl methyl sites for hydroxylation is 4. The second-order valence-corrected chi connectivity index (χ2v) is 11.5. The van der Waals surface area contributed by atoms with E-state index in [1.165, 1.54) is 16.7 Å². The summed E-state index contributed by atoms with van der Waals surface area (Å²) >= 11 is 0. The Balaban J connectivity index is 0.000000150. The molecule has 0 aliphatic heterocycles. The quantitative estimate of drug-likeness (QED) is 0.202. The van der Waals surface area contributed by atoms with Crippen molar-refractivity contribution in [1.29, 1.82) is 0 Å². The molecule has 0 spiro atoms. The molecule has 0 radical (unpaired) electrons. The Hall–Kier alpha value is -5.88. The van der Waals surface area contributed by atoms with E-state index in [4.69, 9.17) is 11.3 Å². The van der Waals surface area contributed by atoms with Gasteiger partial charge in [0.2, 0.25) is 0 Å². The highest BCUT2D eigenvalue weighted by Gasteiger charge is 2.16. The molecule has 0 N–H and O–H groups in total. The lowest BCUT2D eigenvalue weighted by atomic mass is 10.1. The van der Waals surface area contributed by atoms with Gasteiger partial charge in [-0.05, 0) is 76.2 Å². The second-order valence-electron chi connectivity index (χ2n) is 11.5. The van der Waals surface area contributed by atoms with Crippen molar-refractivity contribution in [2.75, 3.05) is 0 Å². The fourth-order valence-corrected chi connectivity index (χ4v) is 5.46. The Kier molecular flexibility index (Phi) is 7.36. The van der Waals surface area contributed by atoms with Gasteiger partial charge in [0.25, 0.3) is 0 Å². The van der Waals surface area contributed by atoms with Gasteiger partial charge >= 0.3 is 0 Å². The van der Waals surface area contributed by atoms with E-state index in [1.807, 2.05) is 42.5 Å². The summed E-state index contributed by atoms with van der Waals surface area (Å²) in [5.74, 6) is 1.78. The van der Waals surface area contributed by atoms with E-state index in [1.54, 1.807) is 12.4 Å². The number of benzene rings is 4. The predicted molar refractivity (Wildman–Crippen MR) is 188 cm³/mol. The van der Waals surface area contributed by atoms with Gasteiger partial charge in [-0.3, -0.25) is 9.13 Å². The molecule has 46 heavy (non-hydrogen) atoms. The minimum absolute atomic E-state index is 0.288. The molecule has 4 heterocycles. The maximum absolute atomic E-state index is 7.47. The molecule has 0 aliphatic carbocycles. The number of fused-ring (bicyclic) bond motifs is 2. The van der Waals surface area contributed by atoms with Crippen LogP contribution >= 0.6 is 0 Å². The number of hydrogen-bond acceptors (Lipinski definition) is 4. The highest BCUT2D eigenvalue weighted by Crippen LogP contribution is 2.29. The Morgan fingerprint density at radius 1 is 0.500 bits per heavy atom. The molecule has 0 fully saturated rings. The third-order valence-electron chi connectivity index (χ3n) is 7.95. The van der Waals surface area contributed by atoms with Gasteiger partial charge in [0, 0.05) is 36.3 Å². The van der Waals surface area contributed by atoms with Gasteiger partial charge in [-0.25, -0.2) is 19.9 Å². The SMILES string of the molecule is Cc1ccc(-c2nc3ncccc3n2-c2ccc(C)cc2)cc1.[2H]Cc1ccc(-c2nc3cccnc3n2-c2ccc(C)cc2)cc1. The third kappa shape index (κ3) is 5.69. The van der Waals surface area contributed by atoms with Gasteiger partial charge < -0.3 is 0 Å². The fourth-order valence-electron chi connectivity index (χ4n) is 5.46. The maximum atomic E-state index is 7.47. The van der Waals surface area contributed by atoms with Crippen LogP contribution in [0.2, 0.25) is 0 Å². The summed E-state index contributed by atoms with van der Waals surface area (Å²) in [5.41, 5.74) is 12.5. The topological polar surface area (TPSA) is 61.4 Å². The molecule has 8 aromatic rings. The van der Waals surface area contributed by atoms with Crippen LogP contribution in [-0.4, -0.2) is 29.1 Å². The van der Waals surface area contributed by atoms with Crippen LogP contribution in [0.5, 0.6) is 0 Å². The smallest absolute Gasteiger partial charge is 0.178 e. The number of aromatic nitrogens is 6. The van der Waals surface area contributed by atoms with Crippen molar-refractivity contribution >= 4 is 22.3 Å². The van der Waals surface area contributed by atoms with E-state index in [0.29, 0.717) is 0 Å². The Morgan fingerprint density at radius 2 is 1.00 bits per heavy atom. The molecular formula is C40H34N6. The number of hydrogen-bond donors (Lipinski definition) is 0. The number of pyridine rings is 2. The van der Waals surface area contributed by atoms with Crippen molar-refractivity contribution in [3.05, 3.63) is 156 Å². The van der Waals surface area contributed by atoms with E-state index < -0.39 is 0 Å². The molecular weight excluding hydrogens is 564 g/mol. The van der Waals surface area contributed by atoms with E-state index in [0.717, 1.165) is 62.0 Å². The molecule has 0 bridgehead atoms. The average Bonchev–Trinajstić information content (AvgIpc) is 3.69. The zero-order chi connectivity index (χ0) is 32.3. The van der Waals surface area contributed by atoms with Crippen LogP contribution in [-0.2, 0) is 0 Å². The van der Waals surface area contributed by atoms with Gasteiger partial charge in [-0.15, -0.1) is 0 Å². The van der Waals surface area contributed by atoms with Crippen molar-refractivity contribution in [2.24, 2.45) is 0 Å². The number of nitrogens with zero attached hydrogens (tertiary/aromatic N) is 6. The van der Waals surface area contributed by atoms with Crippen molar-refractivity contribution < 1.29 is 1.37 Å². The molecule has 0 saturated heterocycles. The average molecular weight is 600 g/mol. The summed E-state index contributed by atoms with van der Waals surface area (Å²) in [6.45, 7) is 6.55. The first kappa shape index (κ1) is 27.7. The van der Waals surface area contributed by atoms with E-state index >= 15 is 0 Å². The molecule has 6 heteroatoms. The molecule has 0 unspecified atom stereocenters. The van der Waals surface area contributed by atoms with Crippen LogP contribution in [0.1, 0.15) is 23.6 Å². The predicted octanol–water partition coefficient (Wildman–Crippen LogP) is 9.41. The maximum Gasteiger partial charge on any atom is 0.178 e. The lowest BCUT2D eigenvalue weighted by molar-refractivity contribution is 1.07. The van der Waals surface area contributed by atoms with Gasteiger partial charge in [-0.1, -0.05) is 95.1 Å². The second kappa shape index (κ2) is 12.3. The Bertz CT molecular complexity index is 2280. The lowest BCUT2D eigenvalue weighted by Crippen LogP contribution is -1.98. The van der Waals surface area contributed by atoms with Gasteiger partial charge in [0.05, 0.1) is 5.52 Å². The first-order valence-electron chi connectivity index (χ1n) is 16.0. The van der Waals surface area contributed by atoms with Crippen LogP contribution in [0.3, 0.4) is 0 Å². The molecule has 0 aliphatic rings. The van der Waals surface area contributed by atoms with E-state index in [-0.39, 0.29) is 6.90 Å².